The molecule has 31 heavy (non-hydrogen) atoms. The Kier molecular flexibility index (Phi) is 7.70. The van der Waals surface area contributed by atoms with E-state index in [1.54, 1.807) is 28.8 Å². The van der Waals surface area contributed by atoms with Gasteiger partial charge in [0.05, 0.1) is 17.8 Å². The lowest BCUT2D eigenvalue weighted by molar-refractivity contribution is -0.119. The van der Waals surface area contributed by atoms with Gasteiger partial charge in [0.1, 0.15) is 0 Å². The van der Waals surface area contributed by atoms with Gasteiger partial charge >= 0.3 is 0 Å². The second-order valence-corrected chi connectivity index (χ2v) is 8.47. The molecular formula is C22H24ClN5O2S. The van der Waals surface area contributed by atoms with Crippen molar-refractivity contribution in [3.8, 4) is 0 Å². The number of nitrogens with zero attached hydrogens (tertiary/aromatic N) is 3. The standard InChI is InChI=1S/C22H24ClN5O2S/c1-14(16-7-5-4-6-8-16)24-19(29)13-31-22-27-26-20(28(22)3)15(2)25-21(30)17-9-11-18(23)12-10-17/h4-12,14-15H,13H2,1-3H3,(H,24,29)(H,25,30)/t14-,15+/m0/s1. The zero-order valence-electron chi connectivity index (χ0n) is 17.5. The van der Waals surface area contributed by atoms with Crippen molar-refractivity contribution in [2.75, 3.05) is 5.75 Å². The third kappa shape index (κ3) is 6.08. The van der Waals surface area contributed by atoms with Gasteiger partial charge in [-0.1, -0.05) is 53.7 Å². The van der Waals surface area contributed by atoms with Crippen LogP contribution in [-0.4, -0.2) is 32.3 Å². The van der Waals surface area contributed by atoms with Gasteiger partial charge in [0, 0.05) is 17.6 Å². The van der Waals surface area contributed by atoms with Crippen LogP contribution in [0.4, 0.5) is 0 Å². The van der Waals surface area contributed by atoms with Gasteiger partial charge in [0.15, 0.2) is 11.0 Å². The third-order valence-corrected chi connectivity index (χ3v) is 5.99. The van der Waals surface area contributed by atoms with E-state index < -0.39 is 0 Å². The Bertz CT molecular complexity index is 1040. The molecule has 7 nitrogen and oxygen atoms in total. The van der Waals surface area contributed by atoms with Gasteiger partial charge in [0.2, 0.25) is 5.91 Å². The Morgan fingerprint density at radius 1 is 1.00 bits per heavy atom. The van der Waals surface area contributed by atoms with E-state index in [-0.39, 0.29) is 29.7 Å². The maximum atomic E-state index is 12.4. The fraction of sp³-hybridized carbons (Fsp3) is 0.273. The highest BCUT2D eigenvalue weighted by atomic mass is 35.5. The number of nitrogens with one attached hydrogen (secondary N) is 2. The summed E-state index contributed by atoms with van der Waals surface area (Å²) < 4.78 is 1.78. The van der Waals surface area contributed by atoms with Crippen LogP contribution < -0.4 is 10.6 Å². The molecule has 2 N–H and O–H groups in total. The Morgan fingerprint density at radius 3 is 2.35 bits per heavy atom. The van der Waals surface area contributed by atoms with Crippen LogP contribution in [0.15, 0.2) is 59.8 Å². The number of benzene rings is 2. The summed E-state index contributed by atoms with van der Waals surface area (Å²) in [6, 6.07) is 16.0. The maximum absolute atomic E-state index is 12.4. The van der Waals surface area contributed by atoms with Crippen LogP contribution in [0.5, 0.6) is 0 Å². The molecule has 0 saturated carbocycles. The van der Waals surface area contributed by atoms with Crippen molar-refractivity contribution in [2.45, 2.75) is 31.1 Å². The first-order chi connectivity index (χ1) is 14.8. The van der Waals surface area contributed by atoms with E-state index in [1.165, 1.54) is 11.8 Å². The van der Waals surface area contributed by atoms with Crippen molar-refractivity contribution in [1.82, 2.24) is 25.4 Å². The fourth-order valence-corrected chi connectivity index (χ4v) is 3.87. The number of hydrogen-bond acceptors (Lipinski definition) is 5. The first-order valence-corrected chi connectivity index (χ1v) is 11.1. The van der Waals surface area contributed by atoms with Gasteiger partial charge in [-0.2, -0.15) is 0 Å². The molecule has 3 aromatic rings. The van der Waals surface area contributed by atoms with E-state index in [4.69, 9.17) is 11.6 Å². The number of halogens is 1. The molecule has 0 fully saturated rings. The molecule has 2 atom stereocenters. The van der Waals surface area contributed by atoms with Crippen molar-refractivity contribution in [3.05, 3.63) is 76.6 Å². The molecule has 0 radical (unpaired) electrons. The zero-order valence-corrected chi connectivity index (χ0v) is 19.1. The average molecular weight is 458 g/mol. The van der Waals surface area contributed by atoms with E-state index in [0.29, 0.717) is 21.6 Å². The van der Waals surface area contributed by atoms with Gasteiger partial charge in [-0.15, -0.1) is 10.2 Å². The summed E-state index contributed by atoms with van der Waals surface area (Å²) in [5, 5.41) is 15.4. The SMILES string of the molecule is C[C@H](NC(=O)CSc1nnc([C@@H](C)NC(=O)c2ccc(Cl)cc2)n1C)c1ccccc1. The van der Waals surface area contributed by atoms with E-state index in [9.17, 15) is 9.59 Å². The van der Waals surface area contributed by atoms with Crippen LogP contribution in [0.1, 0.15) is 47.7 Å². The second kappa shape index (κ2) is 10.5. The monoisotopic (exact) mass is 457 g/mol. The molecule has 9 heteroatoms. The number of rotatable bonds is 8. The number of hydrogen-bond donors (Lipinski definition) is 2. The lowest BCUT2D eigenvalue weighted by Gasteiger charge is -2.15. The van der Waals surface area contributed by atoms with Crippen LogP contribution in [0.3, 0.4) is 0 Å². The average Bonchev–Trinajstić information content (AvgIpc) is 3.13. The second-order valence-electron chi connectivity index (χ2n) is 7.09. The van der Waals surface area contributed by atoms with Crippen LogP contribution in [0.25, 0.3) is 0 Å². The molecule has 1 aromatic heterocycles. The highest BCUT2D eigenvalue weighted by molar-refractivity contribution is 7.99. The molecule has 0 aliphatic heterocycles. The molecule has 0 bridgehead atoms. The smallest absolute Gasteiger partial charge is 0.251 e. The molecule has 0 saturated heterocycles. The van der Waals surface area contributed by atoms with Crippen molar-refractivity contribution < 1.29 is 9.59 Å². The van der Waals surface area contributed by atoms with E-state index in [1.807, 2.05) is 51.2 Å². The van der Waals surface area contributed by atoms with Crippen LogP contribution in [0.2, 0.25) is 5.02 Å². The number of amides is 2. The van der Waals surface area contributed by atoms with Gasteiger partial charge < -0.3 is 15.2 Å². The number of aromatic nitrogens is 3. The molecule has 0 aliphatic rings. The predicted octanol–water partition coefficient (Wildman–Crippen LogP) is 3.93. The minimum absolute atomic E-state index is 0.0764. The van der Waals surface area contributed by atoms with Crippen molar-refractivity contribution in [2.24, 2.45) is 7.05 Å². The van der Waals surface area contributed by atoms with Gasteiger partial charge in [-0.05, 0) is 43.7 Å². The molecule has 1 heterocycles. The zero-order chi connectivity index (χ0) is 22.4. The van der Waals surface area contributed by atoms with Crippen molar-refractivity contribution in [1.29, 1.82) is 0 Å². The third-order valence-electron chi connectivity index (χ3n) is 4.72. The van der Waals surface area contributed by atoms with Crippen LogP contribution >= 0.6 is 23.4 Å². The van der Waals surface area contributed by atoms with Crippen molar-refractivity contribution in [3.63, 3.8) is 0 Å². The lowest BCUT2D eigenvalue weighted by Crippen LogP contribution is -2.29. The Morgan fingerprint density at radius 2 is 1.68 bits per heavy atom. The molecule has 2 aromatic carbocycles. The summed E-state index contributed by atoms with van der Waals surface area (Å²) in [5.41, 5.74) is 1.56. The topological polar surface area (TPSA) is 88.9 Å². The Hall–Kier alpha value is -2.84. The van der Waals surface area contributed by atoms with E-state index in [2.05, 4.69) is 20.8 Å². The summed E-state index contributed by atoms with van der Waals surface area (Å²) in [5.74, 6) is 0.503. The van der Waals surface area contributed by atoms with Gasteiger partial charge in [-0.25, -0.2) is 0 Å². The van der Waals surface area contributed by atoms with E-state index >= 15 is 0 Å². The first-order valence-electron chi connectivity index (χ1n) is 9.78. The fourth-order valence-electron chi connectivity index (χ4n) is 3.01. The van der Waals surface area contributed by atoms with Gasteiger partial charge in [0.25, 0.3) is 5.91 Å². The number of carbonyl (C=O) groups excluding carboxylic acids is 2. The normalized spacial score (nSPS) is 12.8. The van der Waals surface area contributed by atoms with Crippen LogP contribution in [-0.2, 0) is 11.8 Å². The first kappa shape index (κ1) is 22.8. The molecule has 3 rings (SSSR count). The summed E-state index contributed by atoms with van der Waals surface area (Å²) in [7, 11) is 1.81. The molecule has 0 unspecified atom stereocenters. The summed E-state index contributed by atoms with van der Waals surface area (Å²) >= 11 is 7.17. The maximum Gasteiger partial charge on any atom is 0.251 e. The van der Waals surface area contributed by atoms with Crippen LogP contribution in [0, 0.1) is 0 Å². The highest BCUT2D eigenvalue weighted by Gasteiger charge is 2.19. The summed E-state index contributed by atoms with van der Waals surface area (Å²) in [6.07, 6.45) is 0. The summed E-state index contributed by atoms with van der Waals surface area (Å²) in [6.45, 7) is 3.78. The number of carbonyl (C=O) groups is 2. The highest BCUT2D eigenvalue weighted by Crippen LogP contribution is 2.20. The largest absolute Gasteiger partial charge is 0.349 e. The van der Waals surface area contributed by atoms with Crippen molar-refractivity contribution >= 4 is 35.2 Å². The number of thioether (sulfide) groups is 1. The van der Waals surface area contributed by atoms with Gasteiger partial charge in [-0.3, -0.25) is 9.59 Å². The molecule has 0 spiro atoms. The van der Waals surface area contributed by atoms with E-state index in [0.717, 1.165) is 5.56 Å². The minimum Gasteiger partial charge on any atom is -0.349 e. The molecular weight excluding hydrogens is 434 g/mol. The quantitative estimate of drug-likeness (QED) is 0.500. The summed E-state index contributed by atoms with van der Waals surface area (Å²) in [4.78, 5) is 24.7. The minimum atomic E-state index is -0.359. The molecule has 162 valence electrons. The molecule has 2 amide bonds. The Balaban J connectivity index is 1.55. The predicted molar refractivity (Wildman–Crippen MR) is 122 cm³/mol. The lowest BCUT2D eigenvalue weighted by atomic mass is 10.1. The Labute approximate surface area is 190 Å². The molecule has 0 aliphatic carbocycles.